The Morgan fingerprint density at radius 3 is 1.83 bits per heavy atom. The van der Waals surface area contributed by atoms with Crippen LogP contribution in [0, 0.1) is 6.92 Å². The maximum atomic E-state index is 13.8. The highest BCUT2D eigenvalue weighted by molar-refractivity contribution is 5.95. The zero-order valence-electron chi connectivity index (χ0n) is 19.6. The van der Waals surface area contributed by atoms with Crippen LogP contribution in [0.3, 0.4) is 0 Å². The van der Waals surface area contributed by atoms with Gasteiger partial charge in [-0.2, -0.15) is 13.2 Å². The Morgan fingerprint density at radius 2 is 1.19 bits per heavy atom. The van der Waals surface area contributed by atoms with E-state index in [1.54, 1.807) is 6.20 Å². The third-order valence-corrected chi connectivity index (χ3v) is 7.19. The van der Waals surface area contributed by atoms with Gasteiger partial charge in [0.2, 0.25) is 0 Å². The summed E-state index contributed by atoms with van der Waals surface area (Å²) in [6.45, 7) is 1.40. The van der Waals surface area contributed by atoms with Gasteiger partial charge in [-0.1, -0.05) is 103 Å². The summed E-state index contributed by atoms with van der Waals surface area (Å²) in [6.07, 6.45) is -2.92. The molecule has 0 radical (unpaired) electrons. The van der Waals surface area contributed by atoms with Crippen molar-refractivity contribution < 1.29 is 13.2 Å². The number of aryl methyl sites for hydroxylation is 1. The predicted molar refractivity (Wildman–Crippen MR) is 137 cm³/mol. The minimum Gasteiger partial charge on any atom is -0.260 e. The quantitative estimate of drug-likeness (QED) is 0.249. The lowest BCUT2D eigenvalue weighted by Crippen LogP contribution is -2.28. The minimum atomic E-state index is -4.47. The molecular weight excluding hydrogens is 455 g/mol. The molecule has 0 N–H and O–H groups in total. The van der Waals surface area contributed by atoms with Gasteiger partial charge in [0.15, 0.2) is 0 Å². The first-order valence-electron chi connectivity index (χ1n) is 11.8. The maximum absolute atomic E-state index is 13.8. The third kappa shape index (κ3) is 3.21. The second-order valence-corrected chi connectivity index (χ2v) is 9.11. The van der Waals surface area contributed by atoms with Gasteiger partial charge in [-0.05, 0) is 51.9 Å². The van der Waals surface area contributed by atoms with Crippen LogP contribution in [0.5, 0.6) is 0 Å². The Hall–Kier alpha value is -4.18. The van der Waals surface area contributed by atoms with E-state index in [1.807, 2.05) is 60.7 Å². The fraction of sp³-hybridized carbons (Fsp3) is 0.0938. The molecule has 0 saturated heterocycles. The van der Waals surface area contributed by atoms with Crippen LogP contribution in [0.25, 0.3) is 22.3 Å². The van der Waals surface area contributed by atoms with Crippen LogP contribution in [0.4, 0.5) is 13.2 Å². The highest BCUT2D eigenvalue weighted by Crippen LogP contribution is 2.58. The molecule has 1 aromatic heterocycles. The van der Waals surface area contributed by atoms with Crippen molar-refractivity contribution in [2.24, 2.45) is 0 Å². The standard InChI is InChI=1S/C32H22F3N/c1-21-29(32(33,34)35)19-22(20-36-21)25-16-10-18-28-30(25)26-15-8-9-17-27(26)31(28,23-11-4-2-5-12-23)24-13-6-3-7-14-24/h2-20H,1H3. The lowest BCUT2D eigenvalue weighted by Gasteiger charge is -2.34. The Morgan fingerprint density at radius 1 is 0.639 bits per heavy atom. The molecule has 6 rings (SSSR count). The number of hydrogen-bond donors (Lipinski definition) is 0. The summed E-state index contributed by atoms with van der Waals surface area (Å²) in [7, 11) is 0. The van der Waals surface area contributed by atoms with Gasteiger partial charge < -0.3 is 0 Å². The number of nitrogens with zero attached hydrogens (tertiary/aromatic N) is 1. The van der Waals surface area contributed by atoms with E-state index < -0.39 is 17.2 Å². The second-order valence-electron chi connectivity index (χ2n) is 9.11. The van der Waals surface area contributed by atoms with Gasteiger partial charge in [0, 0.05) is 17.5 Å². The van der Waals surface area contributed by atoms with Crippen LogP contribution < -0.4 is 0 Å². The molecule has 4 heteroatoms. The molecular formula is C32H22F3N. The van der Waals surface area contributed by atoms with E-state index in [1.165, 1.54) is 13.0 Å². The Bertz CT molecular complexity index is 1530. The molecule has 0 amide bonds. The van der Waals surface area contributed by atoms with E-state index in [4.69, 9.17) is 0 Å². The van der Waals surface area contributed by atoms with Crippen LogP contribution >= 0.6 is 0 Å². The summed E-state index contributed by atoms with van der Waals surface area (Å²) < 4.78 is 41.3. The fourth-order valence-corrected chi connectivity index (χ4v) is 5.70. The largest absolute Gasteiger partial charge is 0.418 e. The van der Waals surface area contributed by atoms with Crippen molar-refractivity contribution in [3.05, 3.63) is 149 Å². The summed E-state index contributed by atoms with van der Waals surface area (Å²) in [6, 6.07) is 36.0. The maximum Gasteiger partial charge on any atom is 0.418 e. The lowest BCUT2D eigenvalue weighted by atomic mass is 9.67. The number of pyridine rings is 1. The molecule has 0 aliphatic heterocycles. The van der Waals surface area contributed by atoms with E-state index in [0.29, 0.717) is 5.56 Å². The van der Waals surface area contributed by atoms with E-state index >= 15 is 0 Å². The molecule has 5 aromatic rings. The van der Waals surface area contributed by atoms with Gasteiger partial charge in [-0.15, -0.1) is 0 Å². The van der Waals surface area contributed by atoms with E-state index in [-0.39, 0.29) is 5.69 Å². The monoisotopic (exact) mass is 477 g/mol. The second kappa shape index (κ2) is 8.20. The molecule has 0 spiro atoms. The van der Waals surface area contributed by atoms with Crippen molar-refractivity contribution in [3.63, 3.8) is 0 Å². The van der Waals surface area contributed by atoms with E-state index in [0.717, 1.165) is 38.9 Å². The fourth-order valence-electron chi connectivity index (χ4n) is 5.70. The Labute approximate surface area is 207 Å². The topological polar surface area (TPSA) is 12.9 Å². The van der Waals surface area contributed by atoms with Gasteiger partial charge in [0.25, 0.3) is 0 Å². The molecule has 1 aliphatic rings. The molecule has 0 bridgehead atoms. The van der Waals surface area contributed by atoms with Crippen LogP contribution in [0.15, 0.2) is 115 Å². The van der Waals surface area contributed by atoms with Gasteiger partial charge in [0.05, 0.1) is 11.0 Å². The van der Waals surface area contributed by atoms with E-state index in [2.05, 4.69) is 47.4 Å². The summed E-state index contributed by atoms with van der Waals surface area (Å²) in [5, 5.41) is 0. The molecule has 1 aliphatic carbocycles. The van der Waals surface area contributed by atoms with E-state index in [9.17, 15) is 13.2 Å². The average molecular weight is 478 g/mol. The zero-order valence-corrected chi connectivity index (χ0v) is 19.6. The number of halogens is 3. The molecule has 0 saturated carbocycles. The number of benzene rings is 4. The van der Waals surface area contributed by atoms with Crippen molar-refractivity contribution in [1.29, 1.82) is 0 Å². The first-order valence-corrected chi connectivity index (χ1v) is 11.8. The number of fused-ring (bicyclic) bond motifs is 3. The third-order valence-electron chi connectivity index (χ3n) is 7.19. The van der Waals surface area contributed by atoms with Gasteiger partial charge in [0.1, 0.15) is 0 Å². The average Bonchev–Trinajstić information content (AvgIpc) is 3.21. The van der Waals surface area contributed by atoms with Crippen molar-refractivity contribution >= 4 is 0 Å². The van der Waals surface area contributed by atoms with Crippen LogP contribution in [-0.4, -0.2) is 4.98 Å². The molecule has 0 unspecified atom stereocenters. The number of alkyl halides is 3. The normalized spacial score (nSPS) is 13.8. The number of hydrogen-bond acceptors (Lipinski definition) is 1. The minimum absolute atomic E-state index is 0.0258. The molecule has 4 aromatic carbocycles. The highest BCUT2D eigenvalue weighted by Gasteiger charge is 2.46. The summed E-state index contributed by atoms with van der Waals surface area (Å²) in [4.78, 5) is 4.14. The van der Waals surface area contributed by atoms with Crippen LogP contribution in [0.2, 0.25) is 0 Å². The van der Waals surface area contributed by atoms with Crippen molar-refractivity contribution in [1.82, 2.24) is 4.98 Å². The smallest absolute Gasteiger partial charge is 0.260 e. The van der Waals surface area contributed by atoms with Gasteiger partial charge in [-0.3, -0.25) is 4.98 Å². The van der Waals surface area contributed by atoms with Crippen molar-refractivity contribution in [3.8, 4) is 22.3 Å². The van der Waals surface area contributed by atoms with Crippen molar-refractivity contribution in [2.45, 2.75) is 18.5 Å². The molecule has 1 heterocycles. The summed E-state index contributed by atoms with van der Waals surface area (Å²) in [5.41, 5.74) is 6.20. The van der Waals surface area contributed by atoms with Gasteiger partial charge >= 0.3 is 6.18 Å². The number of aromatic nitrogens is 1. The van der Waals surface area contributed by atoms with Gasteiger partial charge in [-0.25, -0.2) is 0 Å². The lowest BCUT2D eigenvalue weighted by molar-refractivity contribution is -0.138. The highest BCUT2D eigenvalue weighted by atomic mass is 19.4. The summed E-state index contributed by atoms with van der Waals surface area (Å²) >= 11 is 0. The summed E-state index contributed by atoms with van der Waals surface area (Å²) in [5.74, 6) is 0. The first kappa shape index (κ1) is 22.3. The van der Waals surface area contributed by atoms with Crippen LogP contribution in [-0.2, 0) is 11.6 Å². The predicted octanol–water partition coefficient (Wildman–Crippen LogP) is 8.44. The molecule has 176 valence electrons. The zero-order chi connectivity index (χ0) is 24.9. The molecule has 0 fully saturated rings. The molecule has 36 heavy (non-hydrogen) atoms. The van der Waals surface area contributed by atoms with Crippen molar-refractivity contribution in [2.75, 3.05) is 0 Å². The molecule has 0 atom stereocenters. The van der Waals surface area contributed by atoms with Crippen LogP contribution in [0.1, 0.15) is 33.5 Å². The molecule has 1 nitrogen and oxygen atoms in total. The Kier molecular flexibility index (Phi) is 5.08. The Balaban J connectivity index is 1.73. The number of rotatable bonds is 3. The SMILES string of the molecule is Cc1ncc(-c2cccc3c2-c2ccccc2C3(c2ccccc2)c2ccccc2)cc1C(F)(F)F. The first-order chi connectivity index (χ1) is 17.4.